The standard InChI is InChI=1S/C20H25BrN2O.C19H21Cl3N2O/c1-14-16(12-9-13-17(14)21)19(24)22-18(20(2,3)23(4)5)15-10-7-6-8-11-15;1-19(2,24(3)4)17(12-8-6-5-7-9-12)23-18(25)16-14(21)10-13(20)11-15(16)22/h6-13,18H,1-5H3,(H,22,24);5-11,17H,1-4H3,(H,23,25). The van der Waals surface area contributed by atoms with Crippen LogP contribution in [-0.2, 0) is 0 Å². The van der Waals surface area contributed by atoms with Crippen molar-refractivity contribution in [2.75, 3.05) is 28.2 Å². The van der Waals surface area contributed by atoms with Crippen LogP contribution in [0.15, 0.2) is 95.5 Å². The fourth-order valence-electron chi connectivity index (χ4n) is 5.17. The van der Waals surface area contributed by atoms with Crippen molar-refractivity contribution in [3.8, 4) is 0 Å². The van der Waals surface area contributed by atoms with E-state index in [1.807, 2.05) is 102 Å². The van der Waals surface area contributed by atoms with E-state index in [-0.39, 0.29) is 50.6 Å². The maximum atomic E-state index is 12.9. The van der Waals surface area contributed by atoms with Gasteiger partial charge in [0.15, 0.2) is 0 Å². The van der Waals surface area contributed by atoms with Crippen LogP contribution in [0.2, 0.25) is 15.1 Å². The zero-order valence-electron chi connectivity index (χ0n) is 29.5. The summed E-state index contributed by atoms with van der Waals surface area (Å²) in [5.41, 5.74) is 3.37. The molecule has 262 valence electrons. The van der Waals surface area contributed by atoms with Gasteiger partial charge in [0, 0.05) is 26.1 Å². The van der Waals surface area contributed by atoms with E-state index in [0.717, 1.165) is 21.2 Å². The molecule has 4 rings (SSSR count). The van der Waals surface area contributed by atoms with Gasteiger partial charge in [0.1, 0.15) is 0 Å². The van der Waals surface area contributed by atoms with Crippen LogP contribution in [0.3, 0.4) is 0 Å². The number of halogens is 4. The Morgan fingerprint density at radius 3 is 1.47 bits per heavy atom. The Morgan fingerprint density at radius 2 is 1.06 bits per heavy atom. The minimum absolute atomic E-state index is 0.0578. The van der Waals surface area contributed by atoms with E-state index in [1.54, 1.807) is 0 Å². The zero-order chi connectivity index (χ0) is 36.7. The van der Waals surface area contributed by atoms with Gasteiger partial charge in [-0.1, -0.05) is 117 Å². The summed E-state index contributed by atoms with van der Waals surface area (Å²) < 4.78 is 0.943. The van der Waals surface area contributed by atoms with Crippen LogP contribution in [0.1, 0.15) is 77.2 Å². The zero-order valence-corrected chi connectivity index (χ0v) is 33.4. The van der Waals surface area contributed by atoms with Crippen LogP contribution in [0.25, 0.3) is 0 Å². The molecular formula is C39H46BrCl3N4O2. The van der Waals surface area contributed by atoms with E-state index >= 15 is 0 Å². The first-order chi connectivity index (χ1) is 22.9. The molecule has 2 amide bonds. The number of nitrogens with zero attached hydrogens (tertiary/aromatic N) is 2. The monoisotopic (exact) mass is 786 g/mol. The number of hydrogen-bond acceptors (Lipinski definition) is 4. The fraction of sp³-hybridized carbons (Fsp3) is 0.333. The number of carbonyl (C=O) groups is 2. The quantitative estimate of drug-likeness (QED) is 0.168. The summed E-state index contributed by atoms with van der Waals surface area (Å²) in [6.07, 6.45) is 0. The Morgan fingerprint density at radius 1 is 0.653 bits per heavy atom. The highest BCUT2D eigenvalue weighted by Crippen LogP contribution is 2.34. The molecule has 49 heavy (non-hydrogen) atoms. The summed E-state index contributed by atoms with van der Waals surface area (Å²) in [4.78, 5) is 30.0. The number of nitrogens with one attached hydrogen (secondary N) is 2. The van der Waals surface area contributed by atoms with Crippen LogP contribution >= 0.6 is 50.7 Å². The summed E-state index contributed by atoms with van der Waals surface area (Å²) in [6.45, 7) is 10.4. The highest BCUT2D eigenvalue weighted by Gasteiger charge is 2.36. The SMILES string of the molecule is CN(C)C(C)(C)C(NC(=O)c1c(Cl)cc(Cl)cc1Cl)c1ccccc1.Cc1c(Br)cccc1C(=O)NC(c1ccccc1)C(C)(C)N(C)C. The minimum Gasteiger partial charge on any atom is -0.343 e. The summed E-state index contributed by atoms with van der Waals surface area (Å²) in [6, 6.07) is 28.3. The van der Waals surface area contributed by atoms with Crippen molar-refractivity contribution in [2.45, 2.75) is 57.8 Å². The molecular weight excluding hydrogens is 743 g/mol. The maximum absolute atomic E-state index is 12.9. The van der Waals surface area contributed by atoms with Crippen LogP contribution < -0.4 is 10.6 Å². The molecule has 0 spiro atoms. The average molecular weight is 789 g/mol. The predicted molar refractivity (Wildman–Crippen MR) is 209 cm³/mol. The first-order valence-electron chi connectivity index (χ1n) is 15.9. The summed E-state index contributed by atoms with van der Waals surface area (Å²) in [5.74, 6) is -0.395. The van der Waals surface area contributed by atoms with Crippen LogP contribution in [0, 0.1) is 6.92 Å². The van der Waals surface area contributed by atoms with Crippen molar-refractivity contribution >= 4 is 62.5 Å². The van der Waals surface area contributed by atoms with Gasteiger partial charge in [-0.15, -0.1) is 0 Å². The van der Waals surface area contributed by atoms with Crippen molar-refractivity contribution in [1.29, 1.82) is 0 Å². The van der Waals surface area contributed by atoms with E-state index in [1.165, 1.54) is 12.1 Å². The molecule has 4 aromatic rings. The van der Waals surface area contributed by atoms with Crippen molar-refractivity contribution in [3.05, 3.63) is 138 Å². The van der Waals surface area contributed by atoms with Gasteiger partial charge in [0.2, 0.25) is 0 Å². The molecule has 0 radical (unpaired) electrons. The van der Waals surface area contributed by atoms with Crippen molar-refractivity contribution in [3.63, 3.8) is 0 Å². The molecule has 0 saturated heterocycles. The molecule has 0 aliphatic heterocycles. The number of likely N-dealkylation sites (N-methyl/N-ethyl adjacent to an activating group) is 2. The molecule has 2 atom stereocenters. The van der Waals surface area contributed by atoms with Crippen LogP contribution in [0.5, 0.6) is 0 Å². The second-order valence-electron chi connectivity index (χ2n) is 13.4. The number of hydrogen-bond donors (Lipinski definition) is 2. The number of amides is 2. The Kier molecular flexibility index (Phi) is 14.3. The molecule has 4 aromatic carbocycles. The first kappa shape index (κ1) is 40.5. The van der Waals surface area contributed by atoms with Crippen molar-refractivity contribution in [2.24, 2.45) is 0 Å². The molecule has 2 N–H and O–H groups in total. The van der Waals surface area contributed by atoms with Gasteiger partial charge in [0.25, 0.3) is 11.8 Å². The fourth-order valence-corrected chi connectivity index (χ4v) is 6.52. The summed E-state index contributed by atoms with van der Waals surface area (Å²) >= 11 is 21.8. The molecule has 2 unspecified atom stereocenters. The van der Waals surface area contributed by atoms with Gasteiger partial charge >= 0.3 is 0 Å². The van der Waals surface area contributed by atoms with Crippen molar-refractivity contribution in [1.82, 2.24) is 20.4 Å². The summed E-state index contributed by atoms with van der Waals surface area (Å²) in [5, 5.41) is 7.16. The lowest BCUT2D eigenvalue weighted by Crippen LogP contribution is -2.50. The Bertz CT molecular complexity index is 1710. The second kappa shape index (κ2) is 17.3. The number of benzene rings is 4. The molecule has 0 bridgehead atoms. The van der Waals surface area contributed by atoms with E-state index in [0.29, 0.717) is 10.6 Å². The number of rotatable bonds is 10. The largest absolute Gasteiger partial charge is 0.343 e. The van der Waals surface area contributed by atoms with Gasteiger partial charge in [-0.2, -0.15) is 0 Å². The third-order valence-electron chi connectivity index (χ3n) is 9.28. The van der Waals surface area contributed by atoms with Gasteiger partial charge in [-0.25, -0.2) is 0 Å². The van der Waals surface area contributed by atoms with Gasteiger partial charge in [-0.3, -0.25) is 9.59 Å². The van der Waals surface area contributed by atoms with Crippen LogP contribution in [-0.4, -0.2) is 60.9 Å². The lowest BCUT2D eigenvalue weighted by atomic mass is 9.87. The Balaban J connectivity index is 0.000000266. The maximum Gasteiger partial charge on any atom is 0.254 e. The minimum atomic E-state index is -0.345. The summed E-state index contributed by atoms with van der Waals surface area (Å²) in [7, 11) is 8.02. The predicted octanol–water partition coefficient (Wildman–Crippen LogP) is 10.0. The highest BCUT2D eigenvalue weighted by atomic mass is 79.9. The van der Waals surface area contributed by atoms with E-state index < -0.39 is 0 Å². The third kappa shape index (κ3) is 10.1. The molecule has 0 heterocycles. The smallest absolute Gasteiger partial charge is 0.254 e. The second-order valence-corrected chi connectivity index (χ2v) is 15.5. The first-order valence-corrected chi connectivity index (χ1v) is 17.8. The normalized spacial score (nSPS) is 13.0. The third-order valence-corrected chi connectivity index (χ3v) is 11.0. The highest BCUT2D eigenvalue weighted by molar-refractivity contribution is 9.10. The number of carbonyl (C=O) groups excluding carboxylic acids is 2. The lowest BCUT2D eigenvalue weighted by molar-refractivity contribution is 0.0834. The topological polar surface area (TPSA) is 64.7 Å². The van der Waals surface area contributed by atoms with Gasteiger partial charge in [-0.05, 0) is 104 Å². The van der Waals surface area contributed by atoms with Gasteiger partial charge in [0.05, 0.1) is 27.7 Å². The molecule has 0 saturated carbocycles. The van der Waals surface area contributed by atoms with Gasteiger partial charge < -0.3 is 20.4 Å². The Hall–Kier alpha value is -2.91. The molecule has 0 aromatic heterocycles. The van der Waals surface area contributed by atoms with E-state index in [4.69, 9.17) is 34.8 Å². The molecule has 10 heteroatoms. The Labute approximate surface area is 315 Å². The van der Waals surface area contributed by atoms with Crippen LogP contribution in [0.4, 0.5) is 0 Å². The molecule has 0 aliphatic carbocycles. The van der Waals surface area contributed by atoms with Crippen molar-refractivity contribution < 1.29 is 9.59 Å². The van der Waals surface area contributed by atoms with E-state index in [9.17, 15) is 9.59 Å². The molecule has 6 nitrogen and oxygen atoms in total. The average Bonchev–Trinajstić information content (AvgIpc) is 3.04. The van der Waals surface area contributed by atoms with E-state index in [2.05, 4.69) is 76.2 Å². The lowest BCUT2D eigenvalue weighted by Gasteiger charge is -2.41. The molecule has 0 fully saturated rings. The molecule has 0 aliphatic rings.